The van der Waals surface area contributed by atoms with Crippen molar-refractivity contribution in [2.45, 2.75) is 37.4 Å². The minimum Gasteiger partial charge on any atom is -0.480 e. The number of nitrogens with two attached hydrogens (primary N) is 2. The van der Waals surface area contributed by atoms with Crippen molar-refractivity contribution in [1.29, 1.82) is 0 Å². The molecule has 12 nitrogen and oxygen atoms in total. The highest BCUT2D eigenvalue weighted by atomic mass is 32.1. The summed E-state index contributed by atoms with van der Waals surface area (Å²) in [5, 5.41) is 29.5. The quantitative estimate of drug-likeness (QED) is 0.145. The van der Waals surface area contributed by atoms with Crippen LogP contribution < -0.4 is 22.1 Å². The summed E-state index contributed by atoms with van der Waals surface area (Å²) in [5.74, 6) is -4.14. The molecule has 0 fully saturated rings. The van der Waals surface area contributed by atoms with E-state index in [1.165, 1.54) is 0 Å². The van der Waals surface area contributed by atoms with Crippen LogP contribution >= 0.6 is 25.3 Å². The molecule has 0 bridgehead atoms. The Bertz CT molecular complexity index is 549. The fourth-order valence-corrected chi connectivity index (χ4v) is 1.95. The van der Waals surface area contributed by atoms with Gasteiger partial charge in [-0.15, -0.1) is 0 Å². The van der Waals surface area contributed by atoms with Gasteiger partial charge in [-0.05, 0) is 18.6 Å². The Labute approximate surface area is 172 Å². The summed E-state index contributed by atoms with van der Waals surface area (Å²) in [7, 11) is 0. The molecule has 0 aliphatic heterocycles. The summed E-state index contributed by atoms with van der Waals surface area (Å²) in [5.41, 5.74) is 10.3. The molecule has 14 heteroatoms. The summed E-state index contributed by atoms with van der Waals surface area (Å²) in [6, 6.07) is -2.89. The van der Waals surface area contributed by atoms with Crippen LogP contribution in [0.2, 0.25) is 0 Å². The Balaban J connectivity index is 0. The molecule has 0 aromatic rings. The molecule has 0 saturated carbocycles. The average Bonchev–Trinajstić information content (AvgIpc) is 2.62. The van der Waals surface area contributed by atoms with Crippen molar-refractivity contribution in [1.82, 2.24) is 10.6 Å². The van der Waals surface area contributed by atoms with Crippen LogP contribution in [-0.2, 0) is 24.0 Å². The maximum absolute atomic E-state index is 11.5. The Morgan fingerprint density at radius 1 is 0.893 bits per heavy atom. The van der Waals surface area contributed by atoms with Crippen molar-refractivity contribution in [3.63, 3.8) is 0 Å². The van der Waals surface area contributed by atoms with E-state index in [-0.39, 0.29) is 18.6 Å². The van der Waals surface area contributed by atoms with Crippen LogP contribution in [0.15, 0.2) is 0 Å². The lowest BCUT2D eigenvalue weighted by Gasteiger charge is -2.16. The first-order chi connectivity index (χ1) is 13.0. The Morgan fingerprint density at radius 2 is 1.39 bits per heavy atom. The van der Waals surface area contributed by atoms with E-state index >= 15 is 0 Å². The third-order valence-corrected chi connectivity index (χ3v) is 3.63. The lowest BCUT2D eigenvalue weighted by atomic mass is 10.1. The molecule has 2 amide bonds. The largest absolute Gasteiger partial charge is 0.480 e. The van der Waals surface area contributed by atoms with Crippen molar-refractivity contribution >= 4 is 55.0 Å². The van der Waals surface area contributed by atoms with Crippen molar-refractivity contribution in [2.75, 3.05) is 18.1 Å². The molecule has 0 aliphatic carbocycles. The van der Waals surface area contributed by atoms with Crippen molar-refractivity contribution < 1.29 is 39.3 Å². The fraction of sp³-hybridized carbons (Fsp3) is 0.643. The molecule has 28 heavy (non-hydrogen) atoms. The van der Waals surface area contributed by atoms with E-state index in [4.69, 9.17) is 26.8 Å². The number of carboxylic acid groups (broad SMARTS) is 3. The number of hydrogen-bond acceptors (Lipinski definition) is 9. The zero-order chi connectivity index (χ0) is 22.3. The van der Waals surface area contributed by atoms with Crippen molar-refractivity contribution in [2.24, 2.45) is 11.5 Å². The van der Waals surface area contributed by atoms with E-state index in [0.29, 0.717) is 12.2 Å². The van der Waals surface area contributed by atoms with E-state index in [1.54, 1.807) is 0 Å². The fourth-order valence-electron chi connectivity index (χ4n) is 1.42. The van der Waals surface area contributed by atoms with Gasteiger partial charge in [-0.25, -0.2) is 0 Å². The van der Waals surface area contributed by atoms with Gasteiger partial charge in [0.15, 0.2) is 0 Å². The molecule has 9 N–H and O–H groups in total. The summed E-state index contributed by atoms with van der Waals surface area (Å²) < 4.78 is 0. The molecule has 0 aliphatic rings. The number of carbonyl (C=O) groups excluding carboxylic acids is 2. The molecular formula is C14H26N4O8S2. The lowest BCUT2D eigenvalue weighted by Crippen LogP contribution is -2.49. The number of hydrogen-bond donors (Lipinski definition) is 9. The van der Waals surface area contributed by atoms with E-state index in [9.17, 15) is 24.0 Å². The first-order valence-corrected chi connectivity index (χ1v) is 9.20. The van der Waals surface area contributed by atoms with Crippen LogP contribution in [0.4, 0.5) is 0 Å². The predicted molar refractivity (Wildman–Crippen MR) is 105 cm³/mol. The van der Waals surface area contributed by atoms with E-state index in [1.807, 2.05) is 0 Å². The first kappa shape index (κ1) is 28.2. The van der Waals surface area contributed by atoms with Crippen molar-refractivity contribution in [3.8, 4) is 0 Å². The van der Waals surface area contributed by atoms with E-state index < -0.39 is 54.4 Å². The van der Waals surface area contributed by atoms with Gasteiger partial charge in [0, 0.05) is 12.2 Å². The number of rotatable bonds is 12. The van der Waals surface area contributed by atoms with E-state index in [2.05, 4.69) is 35.9 Å². The molecule has 0 radical (unpaired) electrons. The Kier molecular flexibility index (Phi) is 16.1. The molecule has 1 unspecified atom stereocenters. The number of carbonyl (C=O) groups is 5. The van der Waals surface area contributed by atoms with Gasteiger partial charge in [0.1, 0.15) is 24.7 Å². The average molecular weight is 443 g/mol. The molecule has 162 valence electrons. The summed E-state index contributed by atoms with van der Waals surface area (Å²) in [6.07, 6.45) is 0.194. The molecule has 0 aromatic carbocycles. The number of thiol groups is 2. The smallest absolute Gasteiger partial charge is 0.322 e. The predicted octanol–water partition coefficient (Wildman–Crippen LogP) is -2.49. The SMILES string of the molecule is NC(CCS)C(=O)O.N[C@@H](CCC(=O)N[C@@H](CS)C(=O)NCC(=O)O)C(=O)O. The second kappa shape index (κ2) is 16.0. The van der Waals surface area contributed by atoms with Crippen molar-refractivity contribution in [3.05, 3.63) is 0 Å². The maximum Gasteiger partial charge on any atom is 0.322 e. The number of aliphatic carboxylic acids is 3. The van der Waals surface area contributed by atoms with Gasteiger partial charge in [0.25, 0.3) is 0 Å². The third kappa shape index (κ3) is 15.1. The van der Waals surface area contributed by atoms with Gasteiger partial charge >= 0.3 is 17.9 Å². The zero-order valence-corrected chi connectivity index (χ0v) is 16.7. The number of nitrogens with one attached hydrogen (secondary N) is 2. The molecule has 0 spiro atoms. The molecule has 3 atom stereocenters. The summed E-state index contributed by atoms with van der Waals surface area (Å²) in [6.45, 7) is -0.567. The molecule has 0 aromatic heterocycles. The lowest BCUT2D eigenvalue weighted by molar-refractivity contribution is -0.139. The minimum absolute atomic E-state index is 0.0256. The highest BCUT2D eigenvalue weighted by Gasteiger charge is 2.20. The van der Waals surface area contributed by atoms with E-state index in [0.717, 1.165) is 0 Å². The second-order valence-electron chi connectivity index (χ2n) is 5.35. The number of carboxylic acids is 3. The second-order valence-corrected chi connectivity index (χ2v) is 6.17. The normalized spacial score (nSPS) is 13.1. The first-order valence-electron chi connectivity index (χ1n) is 7.93. The highest BCUT2D eigenvalue weighted by Crippen LogP contribution is 1.97. The van der Waals surface area contributed by atoms with Crippen LogP contribution in [0.1, 0.15) is 19.3 Å². The Morgan fingerprint density at radius 3 is 1.75 bits per heavy atom. The van der Waals surface area contributed by atoms with Crippen LogP contribution in [0.5, 0.6) is 0 Å². The minimum atomic E-state index is -1.22. The standard InChI is InChI=1S/C10H17N3O6S.C4H9NO2S/c11-5(10(18)19)1-2-7(14)13-6(4-20)9(17)12-3-8(15)16;5-3(1-2-8)4(6)7/h5-6,20H,1-4,11H2,(H,12,17)(H,13,14)(H,15,16)(H,18,19);3,8H,1-2,5H2,(H,6,7)/t5-,6-;/m0./s1. The van der Waals surface area contributed by atoms with Gasteiger partial charge in [-0.3, -0.25) is 24.0 Å². The van der Waals surface area contributed by atoms with Gasteiger partial charge < -0.3 is 37.4 Å². The summed E-state index contributed by atoms with van der Waals surface area (Å²) in [4.78, 5) is 53.7. The topological polar surface area (TPSA) is 222 Å². The number of amides is 2. The van der Waals surface area contributed by atoms with Crippen LogP contribution in [0.3, 0.4) is 0 Å². The maximum atomic E-state index is 11.5. The van der Waals surface area contributed by atoms with Crippen LogP contribution in [0.25, 0.3) is 0 Å². The monoisotopic (exact) mass is 442 g/mol. The van der Waals surface area contributed by atoms with Gasteiger partial charge in [0.05, 0.1) is 0 Å². The molecule has 0 rings (SSSR count). The third-order valence-electron chi connectivity index (χ3n) is 3.01. The summed E-state index contributed by atoms with van der Waals surface area (Å²) >= 11 is 7.68. The van der Waals surface area contributed by atoms with Crippen LogP contribution in [0, 0.1) is 0 Å². The highest BCUT2D eigenvalue weighted by molar-refractivity contribution is 7.80. The van der Waals surface area contributed by atoms with Gasteiger partial charge in [-0.2, -0.15) is 25.3 Å². The van der Waals surface area contributed by atoms with Gasteiger partial charge in [-0.1, -0.05) is 0 Å². The zero-order valence-electron chi connectivity index (χ0n) is 14.9. The molecule has 0 heterocycles. The molecular weight excluding hydrogens is 416 g/mol. The van der Waals surface area contributed by atoms with Gasteiger partial charge in [0.2, 0.25) is 11.8 Å². The molecule has 0 saturated heterocycles. The Hall–Kier alpha value is -2.03. The van der Waals surface area contributed by atoms with Crippen LogP contribution in [-0.4, -0.2) is 81.2 Å².